The Morgan fingerprint density at radius 3 is 2.76 bits per heavy atom. The monoisotopic (exact) mass is 462 g/mol. The van der Waals surface area contributed by atoms with Crippen LogP contribution in [0.2, 0.25) is 0 Å². The third-order valence-electron chi connectivity index (χ3n) is 5.29. The van der Waals surface area contributed by atoms with E-state index < -0.39 is 23.6 Å². The molecular formula is C22H21F3N4O4. The first kappa shape index (κ1) is 22.6. The lowest BCUT2D eigenvalue weighted by Crippen LogP contribution is -2.40. The SMILES string of the molecule is COc1ccc(-c2nc(COC(=O)C3CCCN(c4ncccc4C(F)(F)F)C3)no2)cc1. The van der Waals surface area contributed by atoms with E-state index in [1.807, 2.05) is 0 Å². The lowest BCUT2D eigenvalue weighted by molar-refractivity contribution is -0.150. The highest BCUT2D eigenvalue weighted by atomic mass is 19.4. The second-order valence-corrected chi connectivity index (χ2v) is 7.51. The zero-order valence-electron chi connectivity index (χ0n) is 17.7. The standard InChI is InChI=1S/C22H21F3N4O4/c1-31-16-8-6-14(7-9-16)20-27-18(28-33-20)13-32-21(30)15-4-3-11-29(12-15)19-17(22(23,24)25)5-2-10-26-19/h2,5-10,15H,3-4,11-13H2,1H3. The predicted molar refractivity (Wildman–Crippen MR) is 110 cm³/mol. The lowest BCUT2D eigenvalue weighted by atomic mass is 9.98. The molecule has 1 aliphatic heterocycles. The van der Waals surface area contributed by atoms with Crippen LogP contribution in [0.5, 0.6) is 5.75 Å². The average molecular weight is 462 g/mol. The molecule has 4 rings (SSSR count). The molecule has 2 aromatic heterocycles. The molecule has 0 aliphatic carbocycles. The molecule has 8 nitrogen and oxygen atoms in total. The number of rotatable bonds is 6. The Hall–Kier alpha value is -3.63. The van der Waals surface area contributed by atoms with Gasteiger partial charge in [0.15, 0.2) is 6.61 Å². The minimum atomic E-state index is -4.53. The van der Waals surface area contributed by atoms with Crippen LogP contribution >= 0.6 is 0 Å². The lowest BCUT2D eigenvalue weighted by Gasteiger charge is -2.33. The molecule has 1 atom stereocenters. The first-order valence-corrected chi connectivity index (χ1v) is 10.3. The number of anilines is 1. The molecule has 1 aromatic carbocycles. The molecule has 3 heterocycles. The Morgan fingerprint density at radius 1 is 1.24 bits per heavy atom. The smallest absolute Gasteiger partial charge is 0.419 e. The highest BCUT2D eigenvalue weighted by molar-refractivity contribution is 5.73. The molecule has 11 heteroatoms. The molecule has 1 fully saturated rings. The highest BCUT2D eigenvalue weighted by Crippen LogP contribution is 2.36. The number of hydrogen-bond acceptors (Lipinski definition) is 8. The van der Waals surface area contributed by atoms with Crippen LogP contribution in [0, 0.1) is 5.92 Å². The van der Waals surface area contributed by atoms with Crippen LogP contribution < -0.4 is 9.64 Å². The second-order valence-electron chi connectivity index (χ2n) is 7.51. The molecule has 0 amide bonds. The maximum absolute atomic E-state index is 13.3. The number of alkyl halides is 3. The molecule has 1 unspecified atom stereocenters. The first-order chi connectivity index (χ1) is 15.8. The summed E-state index contributed by atoms with van der Waals surface area (Å²) in [5.41, 5.74) is -0.142. The molecule has 174 valence electrons. The molecule has 1 saturated heterocycles. The van der Waals surface area contributed by atoms with Crippen LogP contribution in [0.3, 0.4) is 0 Å². The Morgan fingerprint density at radius 2 is 2.03 bits per heavy atom. The Bertz CT molecular complexity index is 1100. The summed E-state index contributed by atoms with van der Waals surface area (Å²) in [6.45, 7) is 0.259. The van der Waals surface area contributed by atoms with Crippen molar-refractivity contribution in [3.63, 3.8) is 0 Å². The summed E-state index contributed by atoms with van der Waals surface area (Å²) in [6.07, 6.45) is -2.18. The molecule has 33 heavy (non-hydrogen) atoms. The topological polar surface area (TPSA) is 90.6 Å². The minimum Gasteiger partial charge on any atom is -0.497 e. The Balaban J connectivity index is 1.37. The van der Waals surface area contributed by atoms with Crippen LogP contribution in [0.1, 0.15) is 24.2 Å². The Kier molecular flexibility index (Phi) is 6.47. The van der Waals surface area contributed by atoms with E-state index in [9.17, 15) is 18.0 Å². The average Bonchev–Trinajstić information content (AvgIpc) is 3.31. The van der Waals surface area contributed by atoms with Crippen molar-refractivity contribution in [2.24, 2.45) is 5.92 Å². The second kappa shape index (κ2) is 9.47. The van der Waals surface area contributed by atoms with E-state index in [0.29, 0.717) is 30.7 Å². The number of esters is 1. The van der Waals surface area contributed by atoms with Crippen LogP contribution in [-0.2, 0) is 22.3 Å². The fraction of sp³-hybridized carbons (Fsp3) is 0.364. The van der Waals surface area contributed by atoms with Crippen molar-refractivity contribution in [2.45, 2.75) is 25.6 Å². The van der Waals surface area contributed by atoms with Crippen molar-refractivity contribution in [3.05, 3.63) is 54.0 Å². The number of piperidine rings is 1. The summed E-state index contributed by atoms with van der Waals surface area (Å²) in [7, 11) is 1.56. The van der Waals surface area contributed by atoms with Crippen LogP contribution in [-0.4, -0.2) is 41.3 Å². The molecule has 3 aromatic rings. The number of ether oxygens (including phenoxy) is 2. The van der Waals surface area contributed by atoms with E-state index in [-0.39, 0.29) is 30.7 Å². The first-order valence-electron chi connectivity index (χ1n) is 10.3. The summed E-state index contributed by atoms with van der Waals surface area (Å²) in [6, 6.07) is 9.24. The molecule has 0 bridgehead atoms. The van der Waals surface area contributed by atoms with Crippen LogP contribution in [0.4, 0.5) is 19.0 Å². The van der Waals surface area contributed by atoms with Gasteiger partial charge in [-0.3, -0.25) is 4.79 Å². The van der Waals surface area contributed by atoms with Crippen LogP contribution in [0.25, 0.3) is 11.5 Å². The highest BCUT2D eigenvalue weighted by Gasteiger charge is 2.37. The van der Waals surface area contributed by atoms with Gasteiger partial charge in [-0.15, -0.1) is 0 Å². The van der Waals surface area contributed by atoms with Gasteiger partial charge in [-0.05, 0) is 49.2 Å². The third-order valence-corrected chi connectivity index (χ3v) is 5.29. The summed E-state index contributed by atoms with van der Waals surface area (Å²) < 4.78 is 55.7. The van der Waals surface area contributed by atoms with Gasteiger partial charge in [0, 0.05) is 24.8 Å². The number of benzene rings is 1. The van der Waals surface area contributed by atoms with Crippen molar-refractivity contribution >= 4 is 11.8 Å². The van der Waals surface area contributed by atoms with Crippen molar-refractivity contribution in [2.75, 3.05) is 25.1 Å². The zero-order valence-corrected chi connectivity index (χ0v) is 17.7. The van der Waals surface area contributed by atoms with Gasteiger partial charge in [0.2, 0.25) is 5.82 Å². The molecule has 0 spiro atoms. The van der Waals surface area contributed by atoms with Gasteiger partial charge in [-0.2, -0.15) is 18.2 Å². The quantitative estimate of drug-likeness (QED) is 0.506. The summed E-state index contributed by atoms with van der Waals surface area (Å²) in [5.74, 6) is -0.158. The number of aromatic nitrogens is 3. The normalized spacial score (nSPS) is 16.5. The summed E-state index contributed by atoms with van der Waals surface area (Å²) >= 11 is 0. The van der Waals surface area contributed by atoms with E-state index in [0.717, 1.165) is 6.07 Å². The van der Waals surface area contributed by atoms with E-state index in [1.54, 1.807) is 31.4 Å². The van der Waals surface area contributed by atoms with Crippen LogP contribution in [0.15, 0.2) is 47.1 Å². The Labute approximate surface area is 187 Å². The molecular weight excluding hydrogens is 441 g/mol. The van der Waals surface area contributed by atoms with Crippen molar-refractivity contribution in [3.8, 4) is 17.2 Å². The fourth-order valence-electron chi connectivity index (χ4n) is 3.65. The van der Waals surface area contributed by atoms with Gasteiger partial charge in [0.1, 0.15) is 11.6 Å². The third kappa shape index (κ3) is 5.24. The maximum Gasteiger partial charge on any atom is 0.419 e. The van der Waals surface area contributed by atoms with Crippen molar-refractivity contribution in [1.82, 2.24) is 15.1 Å². The minimum absolute atomic E-state index is 0.0856. The fourth-order valence-corrected chi connectivity index (χ4v) is 3.65. The molecule has 0 radical (unpaired) electrons. The summed E-state index contributed by atoms with van der Waals surface area (Å²) in [4.78, 5) is 22.2. The van der Waals surface area contributed by atoms with Gasteiger partial charge in [-0.1, -0.05) is 5.16 Å². The molecule has 1 aliphatic rings. The van der Waals surface area contributed by atoms with E-state index >= 15 is 0 Å². The van der Waals surface area contributed by atoms with Gasteiger partial charge >= 0.3 is 12.1 Å². The predicted octanol–water partition coefficient (Wildman–Crippen LogP) is 4.12. The zero-order chi connectivity index (χ0) is 23.4. The number of nitrogens with zero attached hydrogens (tertiary/aromatic N) is 4. The van der Waals surface area contributed by atoms with Crippen molar-refractivity contribution in [1.29, 1.82) is 0 Å². The van der Waals surface area contributed by atoms with E-state index in [1.165, 1.54) is 17.2 Å². The number of carbonyl (C=O) groups is 1. The molecule has 0 N–H and O–H groups in total. The molecule has 0 saturated carbocycles. The van der Waals surface area contributed by atoms with Crippen molar-refractivity contribution < 1.29 is 32.0 Å². The summed E-state index contributed by atoms with van der Waals surface area (Å²) in [5, 5.41) is 3.81. The van der Waals surface area contributed by atoms with Gasteiger partial charge in [0.25, 0.3) is 5.89 Å². The number of pyridine rings is 1. The number of methoxy groups -OCH3 is 1. The van der Waals surface area contributed by atoms with Gasteiger partial charge in [0.05, 0.1) is 18.6 Å². The number of hydrogen-bond donors (Lipinski definition) is 0. The van der Waals surface area contributed by atoms with Gasteiger partial charge < -0.3 is 18.9 Å². The van der Waals surface area contributed by atoms with E-state index in [4.69, 9.17) is 14.0 Å². The van der Waals surface area contributed by atoms with E-state index in [2.05, 4.69) is 15.1 Å². The van der Waals surface area contributed by atoms with Gasteiger partial charge in [-0.25, -0.2) is 4.98 Å². The number of halogens is 3. The maximum atomic E-state index is 13.3. The number of carbonyl (C=O) groups excluding carboxylic acids is 1. The largest absolute Gasteiger partial charge is 0.497 e.